The quantitative estimate of drug-likeness (QED) is 0.879. The number of nitrogens with zero attached hydrogens (tertiary/aromatic N) is 2. The number of nitrogen functional groups attached to an aromatic ring is 1. The third-order valence-electron chi connectivity index (χ3n) is 3.05. The normalized spacial score (nSPS) is 17.1. The van der Waals surface area contributed by atoms with E-state index in [1.165, 1.54) is 0 Å². The first-order valence-electron chi connectivity index (χ1n) is 6.09. The van der Waals surface area contributed by atoms with E-state index in [9.17, 15) is 0 Å². The highest BCUT2D eigenvalue weighted by Crippen LogP contribution is 2.26. The summed E-state index contributed by atoms with van der Waals surface area (Å²) in [5, 5.41) is 8.72. The lowest BCUT2D eigenvalue weighted by Crippen LogP contribution is -2.38. The summed E-state index contributed by atoms with van der Waals surface area (Å²) < 4.78 is 6.42. The largest absolute Gasteiger partial charge is 0.396 e. The zero-order chi connectivity index (χ0) is 13.0. The number of hydrogen-bond donors (Lipinski definition) is 2. The summed E-state index contributed by atoms with van der Waals surface area (Å²) in [5.74, 6) is 0.846. The Morgan fingerprint density at radius 3 is 2.83 bits per heavy atom. The predicted molar refractivity (Wildman–Crippen MR) is 74.6 cm³/mol. The van der Waals surface area contributed by atoms with Crippen LogP contribution in [-0.2, 0) is 4.74 Å². The van der Waals surface area contributed by atoms with Crippen LogP contribution in [0.25, 0.3) is 0 Å². The van der Waals surface area contributed by atoms with Gasteiger partial charge in [0.2, 0.25) is 0 Å². The van der Waals surface area contributed by atoms with Crippen LogP contribution in [0.2, 0.25) is 0 Å². The summed E-state index contributed by atoms with van der Waals surface area (Å²) in [4.78, 5) is 6.54. The number of ether oxygens (including phenoxy) is 1. The van der Waals surface area contributed by atoms with Crippen LogP contribution < -0.4 is 10.6 Å². The molecule has 0 amide bonds. The van der Waals surface area contributed by atoms with Crippen molar-refractivity contribution in [2.45, 2.75) is 18.9 Å². The fourth-order valence-electron chi connectivity index (χ4n) is 2.17. The molecule has 1 aliphatic heterocycles. The average Bonchev–Trinajstić information content (AvgIpc) is 2.37. The second kappa shape index (κ2) is 6.36. The smallest absolute Gasteiger partial charge is 0.151 e. The van der Waals surface area contributed by atoms with E-state index in [0.717, 1.165) is 36.2 Å². The van der Waals surface area contributed by atoms with Crippen LogP contribution in [0.5, 0.6) is 0 Å². The number of rotatable bonds is 4. The summed E-state index contributed by atoms with van der Waals surface area (Å²) in [6.07, 6.45) is 3.89. The maximum absolute atomic E-state index is 8.72. The van der Waals surface area contributed by atoms with E-state index in [1.807, 2.05) is 6.07 Å². The molecule has 1 aromatic rings. The number of nitrogens with two attached hydrogens (primary N) is 1. The van der Waals surface area contributed by atoms with Gasteiger partial charge in [-0.2, -0.15) is 0 Å². The zero-order valence-electron chi connectivity index (χ0n) is 10.2. The molecule has 5 nitrogen and oxygen atoms in total. The number of halogens is 1. The molecule has 0 aromatic carbocycles. The minimum Gasteiger partial charge on any atom is -0.396 e. The van der Waals surface area contributed by atoms with Crippen LogP contribution in [0.4, 0.5) is 11.5 Å². The lowest BCUT2D eigenvalue weighted by Gasteiger charge is -2.33. The van der Waals surface area contributed by atoms with Crippen molar-refractivity contribution in [1.82, 2.24) is 4.98 Å². The van der Waals surface area contributed by atoms with E-state index in [2.05, 4.69) is 25.8 Å². The van der Waals surface area contributed by atoms with Crippen molar-refractivity contribution in [3.05, 3.63) is 16.7 Å². The summed E-state index contributed by atoms with van der Waals surface area (Å²) in [6.45, 7) is 2.27. The number of aromatic nitrogens is 1. The first-order valence-corrected chi connectivity index (χ1v) is 6.88. The van der Waals surface area contributed by atoms with Gasteiger partial charge in [0.1, 0.15) is 0 Å². The highest BCUT2D eigenvalue weighted by atomic mass is 79.9. The van der Waals surface area contributed by atoms with Crippen LogP contribution >= 0.6 is 15.9 Å². The number of aliphatic hydroxyl groups excluding tert-OH is 1. The van der Waals surface area contributed by atoms with Crippen molar-refractivity contribution in [2.24, 2.45) is 0 Å². The Labute approximate surface area is 115 Å². The maximum Gasteiger partial charge on any atom is 0.151 e. The molecular formula is C12H18BrN3O2. The Hall–Kier alpha value is -0.850. The minimum atomic E-state index is 0.0848. The maximum atomic E-state index is 8.72. The monoisotopic (exact) mass is 315 g/mol. The second-order valence-electron chi connectivity index (χ2n) is 4.35. The SMILES string of the molecule is Nc1cc(Br)cnc1N1CCC(OCCO)CC1. The van der Waals surface area contributed by atoms with E-state index in [0.29, 0.717) is 12.3 Å². The molecule has 0 saturated carbocycles. The Morgan fingerprint density at radius 1 is 1.50 bits per heavy atom. The standard InChI is InChI=1S/C12H18BrN3O2/c13-9-7-11(14)12(15-8-9)16-3-1-10(2-4-16)18-6-5-17/h7-8,10,17H,1-6,14H2. The number of aliphatic hydroxyl groups is 1. The first-order chi connectivity index (χ1) is 8.70. The molecule has 2 heterocycles. The van der Waals surface area contributed by atoms with Crippen molar-refractivity contribution in [3.8, 4) is 0 Å². The summed E-state index contributed by atoms with van der Waals surface area (Å²) >= 11 is 3.35. The van der Waals surface area contributed by atoms with E-state index in [1.54, 1.807) is 6.20 Å². The van der Waals surface area contributed by atoms with Crippen LogP contribution in [0.15, 0.2) is 16.7 Å². The Morgan fingerprint density at radius 2 is 2.22 bits per heavy atom. The number of pyridine rings is 1. The third-order valence-corrected chi connectivity index (χ3v) is 3.48. The topological polar surface area (TPSA) is 71.6 Å². The van der Waals surface area contributed by atoms with E-state index in [-0.39, 0.29) is 12.7 Å². The molecule has 1 saturated heterocycles. The average molecular weight is 316 g/mol. The predicted octanol–water partition coefficient (Wildman–Crippen LogP) is 1.40. The van der Waals surface area contributed by atoms with Crippen LogP contribution in [0.1, 0.15) is 12.8 Å². The van der Waals surface area contributed by atoms with Gasteiger partial charge in [-0.25, -0.2) is 4.98 Å². The van der Waals surface area contributed by atoms with E-state index >= 15 is 0 Å². The number of anilines is 2. The van der Waals surface area contributed by atoms with Crippen molar-refractivity contribution in [2.75, 3.05) is 36.9 Å². The van der Waals surface area contributed by atoms with Gasteiger partial charge in [0.25, 0.3) is 0 Å². The molecule has 2 rings (SSSR count). The fraction of sp³-hybridized carbons (Fsp3) is 0.583. The Kier molecular flexibility index (Phi) is 4.79. The molecule has 6 heteroatoms. The zero-order valence-corrected chi connectivity index (χ0v) is 11.8. The first kappa shape index (κ1) is 13.6. The van der Waals surface area contributed by atoms with E-state index < -0.39 is 0 Å². The lowest BCUT2D eigenvalue weighted by molar-refractivity contribution is 0.0158. The molecule has 3 N–H and O–H groups in total. The highest BCUT2D eigenvalue weighted by molar-refractivity contribution is 9.10. The third kappa shape index (κ3) is 3.34. The summed E-state index contributed by atoms with van der Waals surface area (Å²) in [5.41, 5.74) is 6.66. The van der Waals surface area contributed by atoms with Crippen molar-refractivity contribution in [3.63, 3.8) is 0 Å². The van der Waals surface area contributed by atoms with Gasteiger partial charge in [0.05, 0.1) is 25.0 Å². The molecular weight excluding hydrogens is 298 g/mol. The molecule has 0 atom stereocenters. The molecule has 0 bridgehead atoms. The molecule has 1 aromatic heterocycles. The van der Waals surface area contributed by atoms with Gasteiger partial charge in [0, 0.05) is 23.8 Å². The second-order valence-corrected chi connectivity index (χ2v) is 5.26. The molecule has 0 radical (unpaired) electrons. The summed E-state index contributed by atoms with van der Waals surface area (Å²) in [6, 6.07) is 1.87. The van der Waals surface area contributed by atoms with Gasteiger partial charge >= 0.3 is 0 Å². The molecule has 0 spiro atoms. The van der Waals surface area contributed by atoms with Gasteiger partial charge < -0.3 is 20.5 Å². The van der Waals surface area contributed by atoms with E-state index in [4.69, 9.17) is 15.6 Å². The number of hydrogen-bond acceptors (Lipinski definition) is 5. The Bertz CT molecular complexity index is 395. The van der Waals surface area contributed by atoms with Crippen molar-refractivity contribution in [1.29, 1.82) is 0 Å². The summed E-state index contributed by atoms with van der Waals surface area (Å²) in [7, 11) is 0. The van der Waals surface area contributed by atoms with Crippen LogP contribution in [-0.4, -0.2) is 42.5 Å². The fourth-order valence-corrected chi connectivity index (χ4v) is 2.51. The Balaban J connectivity index is 1.93. The minimum absolute atomic E-state index is 0.0848. The van der Waals surface area contributed by atoms with Crippen molar-refractivity contribution >= 4 is 27.4 Å². The molecule has 18 heavy (non-hydrogen) atoms. The van der Waals surface area contributed by atoms with Crippen LogP contribution in [0, 0.1) is 0 Å². The lowest BCUT2D eigenvalue weighted by atomic mass is 10.1. The van der Waals surface area contributed by atoms with Gasteiger partial charge in [0.15, 0.2) is 5.82 Å². The molecule has 0 unspecified atom stereocenters. The molecule has 100 valence electrons. The molecule has 1 fully saturated rings. The number of piperidine rings is 1. The molecule has 0 aliphatic carbocycles. The van der Waals surface area contributed by atoms with Gasteiger partial charge in [-0.05, 0) is 34.8 Å². The van der Waals surface area contributed by atoms with Crippen molar-refractivity contribution < 1.29 is 9.84 Å². The van der Waals surface area contributed by atoms with Gasteiger partial charge in [-0.15, -0.1) is 0 Å². The van der Waals surface area contributed by atoms with Gasteiger partial charge in [-0.3, -0.25) is 0 Å². The molecule has 1 aliphatic rings. The highest BCUT2D eigenvalue weighted by Gasteiger charge is 2.21. The van der Waals surface area contributed by atoms with Crippen LogP contribution in [0.3, 0.4) is 0 Å². The van der Waals surface area contributed by atoms with Gasteiger partial charge in [-0.1, -0.05) is 0 Å².